The molecule has 35 heavy (non-hydrogen) atoms. The van der Waals surface area contributed by atoms with Crippen molar-refractivity contribution in [3.8, 4) is 11.4 Å². The first-order valence-electron chi connectivity index (χ1n) is 11.1. The van der Waals surface area contributed by atoms with E-state index < -0.39 is 17.3 Å². The van der Waals surface area contributed by atoms with Gasteiger partial charge >= 0.3 is 6.18 Å². The summed E-state index contributed by atoms with van der Waals surface area (Å²) >= 11 is 7.67. The molecule has 2 atom stereocenters. The van der Waals surface area contributed by atoms with Gasteiger partial charge in [-0.05, 0) is 31.5 Å². The number of hydrogen-bond donors (Lipinski definition) is 2. The molecule has 1 aliphatic rings. The Kier molecular flexibility index (Phi) is 7.23. The lowest BCUT2D eigenvalue weighted by molar-refractivity contribution is -0.137. The number of rotatable bonds is 7. The monoisotopic (exact) mass is 527 g/mol. The van der Waals surface area contributed by atoms with E-state index in [9.17, 15) is 18.0 Å². The molecule has 12 heteroatoms. The molecule has 2 N–H and O–H groups in total. The van der Waals surface area contributed by atoms with E-state index in [4.69, 9.17) is 16.3 Å². The van der Waals surface area contributed by atoms with Gasteiger partial charge < -0.3 is 15.4 Å². The molecule has 0 amide bonds. The number of ether oxygens (including phenoxy) is 1. The fraction of sp³-hybridized carbons (Fsp3) is 0.435. The highest BCUT2D eigenvalue weighted by Gasteiger charge is 2.48. The van der Waals surface area contributed by atoms with Crippen LogP contribution in [-0.4, -0.2) is 40.3 Å². The molecule has 2 aromatic heterocycles. The topological polar surface area (TPSA) is 81.1 Å². The first kappa shape index (κ1) is 25.6. The van der Waals surface area contributed by atoms with Crippen LogP contribution in [-0.2, 0) is 29.9 Å². The number of benzene rings is 1. The van der Waals surface area contributed by atoms with Crippen molar-refractivity contribution in [3.63, 3.8) is 0 Å². The summed E-state index contributed by atoms with van der Waals surface area (Å²) in [6.07, 6.45) is -2.69. The van der Waals surface area contributed by atoms with E-state index in [1.807, 2.05) is 19.2 Å². The van der Waals surface area contributed by atoms with Gasteiger partial charge in [0.05, 0.1) is 16.3 Å². The second kappa shape index (κ2) is 9.88. The molecule has 1 aliphatic heterocycles. The summed E-state index contributed by atoms with van der Waals surface area (Å²) in [5.41, 5.74) is -1.02. The summed E-state index contributed by atoms with van der Waals surface area (Å²) in [6, 6.07) is 3.01. The number of aryl methyl sites for hydroxylation is 1. The van der Waals surface area contributed by atoms with Crippen molar-refractivity contribution >= 4 is 28.6 Å². The van der Waals surface area contributed by atoms with Crippen LogP contribution in [0.15, 0.2) is 34.6 Å². The van der Waals surface area contributed by atoms with Gasteiger partial charge in [-0.15, -0.1) is 11.3 Å². The molecule has 0 unspecified atom stereocenters. The summed E-state index contributed by atoms with van der Waals surface area (Å²) in [5.74, 6) is 0.185. The predicted octanol–water partition coefficient (Wildman–Crippen LogP) is 4.45. The third kappa shape index (κ3) is 4.69. The molecule has 4 rings (SSSR count). The van der Waals surface area contributed by atoms with Crippen LogP contribution in [0.2, 0.25) is 5.02 Å². The quantitative estimate of drug-likeness (QED) is 0.472. The van der Waals surface area contributed by atoms with Crippen LogP contribution >= 0.6 is 22.9 Å². The Morgan fingerprint density at radius 3 is 2.74 bits per heavy atom. The van der Waals surface area contributed by atoms with Gasteiger partial charge in [0.2, 0.25) is 0 Å². The van der Waals surface area contributed by atoms with Gasteiger partial charge in [-0.25, -0.2) is 9.97 Å². The van der Waals surface area contributed by atoms with E-state index in [0.29, 0.717) is 37.5 Å². The normalized spacial score (nSPS) is 20.4. The molecule has 0 radical (unpaired) electrons. The number of thiazole rings is 1. The Balaban J connectivity index is 1.82. The maximum absolute atomic E-state index is 13.6. The molecule has 1 saturated heterocycles. The van der Waals surface area contributed by atoms with Gasteiger partial charge in [0.25, 0.3) is 5.56 Å². The van der Waals surface area contributed by atoms with Crippen LogP contribution in [0.3, 0.4) is 0 Å². The minimum Gasteiger partial charge on any atom is -0.374 e. The zero-order valence-electron chi connectivity index (χ0n) is 19.4. The van der Waals surface area contributed by atoms with Crippen LogP contribution in [0.25, 0.3) is 11.4 Å². The van der Waals surface area contributed by atoms with Crippen molar-refractivity contribution < 1.29 is 17.9 Å². The van der Waals surface area contributed by atoms with Crippen LogP contribution in [0, 0.1) is 0 Å². The minimum absolute atomic E-state index is 0.138. The van der Waals surface area contributed by atoms with Gasteiger partial charge in [0, 0.05) is 43.9 Å². The minimum atomic E-state index is -4.53. The molecular formula is C23H25ClF3N5O2S. The fourth-order valence-electron chi connectivity index (χ4n) is 4.29. The Morgan fingerprint density at radius 1 is 1.37 bits per heavy atom. The maximum Gasteiger partial charge on any atom is 0.416 e. The molecule has 7 nitrogen and oxygen atoms in total. The third-order valence-electron chi connectivity index (χ3n) is 6.05. The van der Waals surface area contributed by atoms with Crippen LogP contribution < -0.4 is 16.2 Å². The summed E-state index contributed by atoms with van der Waals surface area (Å²) < 4.78 is 46.6. The molecule has 1 aromatic carbocycles. The Labute approximate surface area is 209 Å². The number of nitrogens with one attached hydrogen (secondary N) is 2. The average Bonchev–Trinajstić information content (AvgIpc) is 3.48. The number of aromatic nitrogens is 3. The molecule has 0 bridgehead atoms. The van der Waals surface area contributed by atoms with Gasteiger partial charge in [-0.1, -0.05) is 18.5 Å². The summed E-state index contributed by atoms with van der Waals surface area (Å²) in [7, 11) is 1.52. The van der Waals surface area contributed by atoms with Crippen LogP contribution in [0.4, 0.5) is 18.9 Å². The van der Waals surface area contributed by atoms with Crippen molar-refractivity contribution in [2.75, 3.05) is 25.0 Å². The predicted molar refractivity (Wildman–Crippen MR) is 130 cm³/mol. The first-order valence-corrected chi connectivity index (χ1v) is 12.4. The zero-order chi connectivity index (χ0) is 25.4. The lowest BCUT2D eigenvalue weighted by atomic mass is 9.95. The van der Waals surface area contributed by atoms with Crippen molar-refractivity contribution in [2.24, 2.45) is 7.05 Å². The van der Waals surface area contributed by atoms with E-state index in [0.717, 1.165) is 17.1 Å². The van der Waals surface area contributed by atoms with Gasteiger partial charge in [-0.2, -0.15) is 13.2 Å². The molecule has 1 fully saturated rings. The molecule has 3 aromatic rings. The SMILES string of the molecule is CCO[C@H]1CNC[C@]1(Nc1c(CC)nc(-c2ccc(C(F)(F)F)cc2Cl)n(C)c1=O)c1nccs1. The summed E-state index contributed by atoms with van der Waals surface area (Å²) in [4.78, 5) is 22.8. The van der Waals surface area contributed by atoms with E-state index >= 15 is 0 Å². The molecular weight excluding hydrogens is 503 g/mol. The molecule has 0 saturated carbocycles. The van der Waals surface area contributed by atoms with Crippen LogP contribution in [0.1, 0.15) is 30.1 Å². The van der Waals surface area contributed by atoms with E-state index in [-0.39, 0.29) is 28.1 Å². The molecule has 3 heterocycles. The van der Waals surface area contributed by atoms with E-state index in [2.05, 4.69) is 20.6 Å². The summed E-state index contributed by atoms with van der Waals surface area (Å²) in [5, 5.41) is 9.26. The first-order chi connectivity index (χ1) is 16.6. The number of anilines is 1. The van der Waals surface area contributed by atoms with Crippen molar-refractivity contribution in [1.82, 2.24) is 19.9 Å². The standard InChI is InChI=1S/C23H25ClF3N5O2S/c1-4-16-18(31-22(21-29-8-9-35-21)12-28-11-17(22)34-5-2)20(33)32(3)19(30-16)14-7-6-13(10-15(14)24)23(25,26)27/h6-10,17,28,31H,4-5,11-12H2,1-3H3/t17-,22+/m0/s1. The number of alkyl halides is 3. The Hall–Kier alpha value is -2.47. The Morgan fingerprint density at radius 2 is 2.14 bits per heavy atom. The maximum atomic E-state index is 13.6. The lowest BCUT2D eigenvalue weighted by Gasteiger charge is -2.34. The summed E-state index contributed by atoms with van der Waals surface area (Å²) in [6.45, 7) is 5.32. The van der Waals surface area contributed by atoms with Gasteiger partial charge in [-0.3, -0.25) is 9.36 Å². The van der Waals surface area contributed by atoms with Gasteiger partial charge in [0.1, 0.15) is 28.2 Å². The largest absolute Gasteiger partial charge is 0.416 e. The zero-order valence-corrected chi connectivity index (χ0v) is 20.9. The molecule has 188 valence electrons. The third-order valence-corrected chi connectivity index (χ3v) is 7.31. The molecule has 0 aliphatic carbocycles. The van der Waals surface area contributed by atoms with Crippen molar-refractivity contribution in [2.45, 2.75) is 38.1 Å². The second-order valence-electron chi connectivity index (χ2n) is 8.18. The van der Waals surface area contributed by atoms with Crippen LogP contribution in [0.5, 0.6) is 0 Å². The highest BCUT2D eigenvalue weighted by Crippen LogP contribution is 2.37. The number of halogens is 4. The van der Waals surface area contributed by atoms with Crippen molar-refractivity contribution in [3.05, 3.63) is 61.4 Å². The second-order valence-corrected chi connectivity index (χ2v) is 9.48. The van der Waals surface area contributed by atoms with Crippen molar-refractivity contribution in [1.29, 1.82) is 0 Å². The number of nitrogens with zero attached hydrogens (tertiary/aromatic N) is 3. The molecule has 0 spiro atoms. The average molecular weight is 528 g/mol. The van der Waals surface area contributed by atoms with E-state index in [1.54, 1.807) is 6.20 Å². The Bertz CT molecular complexity index is 1270. The van der Waals surface area contributed by atoms with E-state index in [1.165, 1.54) is 29.0 Å². The lowest BCUT2D eigenvalue weighted by Crippen LogP contribution is -2.49. The number of hydrogen-bond acceptors (Lipinski definition) is 7. The highest BCUT2D eigenvalue weighted by atomic mass is 35.5. The smallest absolute Gasteiger partial charge is 0.374 e. The highest BCUT2D eigenvalue weighted by molar-refractivity contribution is 7.09. The van der Waals surface area contributed by atoms with Gasteiger partial charge in [0.15, 0.2) is 0 Å². The fourth-order valence-corrected chi connectivity index (χ4v) is 5.39.